The summed E-state index contributed by atoms with van der Waals surface area (Å²) in [5, 5.41) is 8.54. The first-order chi connectivity index (χ1) is 8.42. The molecule has 18 heavy (non-hydrogen) atoms. The van der Waals surface area contributed by atoms with Crippen LogP contribution >= 0.6 is 0 Å². The van der Waals surface area contributed by atoms with Gasteiger partial charge in [-0.05, 0) is 25.2 Å². The molecular formula is C11H16N4O2S. The summed E-state index contributed by atoms with van der Waals surface area (Å²) in [6, 6.07) is 6.52. The van der Waals surface area contributed by atoms with Crippen LogP contribution in [-0.4, -0.2) is 29.1 Å². The summed E-state index contributed by atoms with van der Waals surface area (Å²) in [7, 11) is -0.374. The van der Waals surface area contributed by atoms with Crippen LogP contribution in [0, 0.1) is 11.3 Å². The van der Waals surface area contributed by atoms with E-state index in [1.807, 2.05) is 6.07 Å². The van der Waals surface area contributed by atoms with Gasteiger partial charge in [0.25, 0.3) is 0 Å². The first-order valence-electron chi connectivity index (χ1n) is 5.33. The molecule has 0 aliphatic rings. The highest BCUT2D eigenvalue weighted by atomic mass is 32.2. The van der Waals surface area contributed by atoms with Crippen LogP contribution in [0.3, 0.4) is 0 Å². The molecule has 0 unspecified atom stereocenters. The summed E-state index contributed by atoms with van der Waals surface area (Å²) in [6.07, 6.45) is 0.346. The monoisotopic (exact) mass is 268 g/mol. The Kier molecular flexibility index (Phi) is 4.53. The summed E-state index contributed by atoms with van der Waals surface area (Å²) >= 11 is 0. The fourth-order valence-electron chi connectivity index (χ4n) is 1.48. The number of anilines is 2. The molecule has 0 bridgehead atoms. The molecule has 3 N–H and O–H groups in total. The SMILES string of the molecule is CNS(=O)(=O)c1ccc(N)c(N(C)CCC#N)c1. The zero-order valence-corrected chi connectivity index (χ0v) is 11.2. The molecule has 0 fully saturated rings. The second kappa shape index (κ2) is 5.71. The average Bonchev–Trinajstić information content (AvgIpc) is 2.36. The van der Waals surface area contributed by atoms with Gasteiger partial charge in [-0.1, -0.05) is 0 Å². The van der Waals surface area contributed by atoms with Gasteiger partial charge in [0.05, 0.1) is 28.8 Å². The quantitative estimate of drug-likeness (QED) is 0.759. The van der Waals surface area contributed by atoms with Gasteiger partial charge in [0.1, 0.15) is 0 Å². The maximum Gasteiger partial charge on any atom is 0.240 e. The van der Waals surface area contributed by atoms with Crippen LogP contribution in [0.15, 0.2) is 23.1 Å². The van der Waals surface area contributed by atoms with E-state index < -0.39 is 10.0 Å². The molecule has 1 aromatic carbocycles. The van der Waals surface area contributed by atoms with Gasteiger partial charge in [-0.2, -0.15) is 5.26 Å². The van der Waals surface area contributed by atoms with Crippen LogP contribution in [0.4, 0.5) is 11.4 Å². The van der Waals surface area contributed by atoms with Crippen molar-refractivity contribution >= 4 is 21.4 Å². The zero-order chi connectivity index (χ0) is 13.8. The molecule has 1 aromatic rings. The Morgan fingerprint density at radius 3 is 2.72 bits per heavy atom. The lowest BCUT2D eigenvalue weighted by Crippen LogP contribution is -2.22. The third kappa shape index (κ3) is 3.12. The number of hydrogen-bond acceptors (Lipinski definition) is 5. The fourth-order valence-corrected chi connectivity index (χ4v) is 2.23. The molecule has 6 nitrogen and oxygen atoms in total. The molecular weight excluding hydrogens is 252 g/mol. The van der Waals surface area contributed by atoms with E-state index in [-0.39, 0.29) is 4.90 Å². The maximum absolute atomic E-state index is 11.7. The van der Waals surface area contributed by atoms with E-state index >= 15 is 0 Å². The minimum absolute atomic E-state index is 0.151. The highest BCUT2D eigenvalue weighted by Crippen LogP contribution is 2.25. The van der Waals surface area contributed by atoms with E-state index in [0.717, 1.165) is 0 Å². The summed E-state index contributed by atoms with van der Waals surface area (Å²) in [5.41, 5.74) is 6.88. The van der Waals surface area contributed by atoms with Crippen molar-refractivity contribution in [3.8, 4) is 6.07 Å². The third-order valence-electron chi connectivity index (χ3n) is 2.55. The highest BCUT2D eigenvalue weighted by molar-refractivity contribution is 7.89. The van der Waals surface area contributed by atoms with Gasteiger partial charge < -0.3 is 10.6 Å². The Morgan fingerprint density at radius 2 is 2.17 bits per heavy atom. The zero-order valence-electron chi connectivity index (χ0n) is 10.3. The van der Waals surface area contributed by atoms with Crippen molar-refractivity contribution in [2.75, 3.05) is 31.3 Å². The number of benzene rings is 1. The number of rotatable bonds is 5. The van der Waals surface area contributed by atoms with E-state index in [4.69, 9.17) is 11.0 Å². The first kappa shape index (κ1) is 14.3. The average molecular weight is 268 g/mol. The standard InChI is InChI=1S/C11H16N4O2S/c1-14-18(16,17)9-4-5-10(13)11(8-9)15(2)7-3-6-12/h4-5,8,14H,3,7,13H2,1-2H3. The Bertz CT molecular complexity index is 563. The second-order valence-electron chi connectivity index (χ2n) is 3.76. The lowest BCUT2D eigenvalue weighted by Gasteiger charge is -2.20. The van der Waals surface area contributed by atoms with Gasteiger partial charge in [0.15, 0.2) is 0 Å². The summed E-state index contributed by atoms with van der Waals surface area (Å²) in [4.78, 5) is 1.91. The van der Waals surface area contributed by atoms with Crippen LogP contribution in [0.5, 0.6) is 0 Å². The number of nitrogens with one attached hydrogen (secondary N) is 1. The van der Waals surface area contributed by atoms with E-state index in [1.165, 1.54) is 19.2 Å². The predicted octanol–water partition coefficient (Wildman–Crippen LogP) is 0.527. The molecule has 0 atom stereocenters. The van der Waals surface area contributed by atoms with Gasteiger partial charge in [-0.15, -0.1) is 0 Å². The van der Waals surface area contributed by atoms with Crippen LogP contribution < -0.4 is 15.4 Å². The number of nitrogens with zero attached hydrogens (tertiary/aromatic N) is 2. The van der Waals surface area contributed by atoms with Gasteiger partial charge >= 0.3 is 0 Å². The topological polar surface area (TPSA) is 99.2 Å². The number of nitrogens with two attached hydrogens (primary N) is 1. The van der Waals surface area contributed by atoms with Gasteiger partial charge in [0, 0.05) is 13.6 Å². The molecule has 0 aliphatic heterocycles. The van der Waals surface area contributed by atoms with Crippen LogP contribution in [0.25, 0.3) is 0 Å². The van der Waals surface area contributed by atoms with E-state index in [9.17, 15) is 8.42 Å². The van der Waals surface area contributed by atoms with Crippen LogP contribution in [0.1, 0.15) is 6.42 Å². The summed E-state index contributed by atoms with van der Waals surface area (Å²) < 4.78 is 25.6. The predicted molar refractivity (Wildman–Crippen MR) is 70.6 cm³/mol. The molecule has 1 rings (SSSR count). The fraction of sp³-hybridized carbons (Fsp3) is 0.364. The van der Waals surface area contributed by atoms with Crippen LogP contribution in [-0.2, 0) is 10.0 Å². The van der Waals surface area contributed by atoms with Gasteiger partial charge in [0.2, 0.25) is 10.0 Å². The number of sulfonamides is 1. The van der Waals surface area contributed by atoms with E-state index in [1.54, 1.807) is 18.0 Å². The van der Waals surface area contributed by atoms with Gasteiger partial charge in [-0.3, -0.25) is 0 Å². The molecule has 0 amide bonds. The third-order valence-corrected chi connectivity index (χ3v) is 3.96. The highest BCUT2D eigenvalue weighted by Gasteiger charge is 2.14. The Balaban J connectivity index is 3.14. The Labute approximate surface area is 107 Å². The lowest BCUT2D eigenvalue weighted by atomic mass is 10.2. The summed E-state index contributed by atoms with van der Waals surface area (Å²) in [5.74, 6) is 0. The smallest absolute Gasteiger partial charge is 0.240 e. The lowest BCUT2D eigenvalue weighted by molar-refractivity contribution is 0.588. The number of nitriles is 1. The molecule has 0 spiro atoms. The summed E-state index contributed by atoms with van der Waals surface area (Å²) in [6.45, 7) is 0.490. The van der Waals surface area contributed by atoms with Crippen molar-refractivity contribution in [2.24, 2.45) is 0 Å². The van der Waals surface area contributed by atoms with Gasteiger partial charge in [-0.25, -0.2) is 13.1 Å². The van der Waals surface area contributed by atoms with Crippen LogP contribution in [0.2, 0.25) is 0 Å². The first-order valence-corrected chi connectivity index (χ1v) is 6.82. The minimum atomic E-state index is -3.49. The normalized spacial score (nSPS) is 10.9. The largest absolute Gasteiger partial charge is 0.397 e. The molecule has 0 saturated heterocycles. The molecule has 98 valence electrons. The molecule has 0 heterocycles. The van der Waals surface area contributed by atoms with Crippen molar-refractivity contribution in [3.05, 3.63) is 18.2 Å². The van der Waals surface area contributed by atoms with Crippen molar-refractivity contribution in [3.63, 3.8) is 0 Å². The molecule has 7 heteroatoms. The maximum atomic E-state index is 11.7. The Morgan fingerprint density at radius 1 is 1.50 bits per heavy atom. The minimum Gasteiger partial charge on any atom is -0.397 e. The van der Waals surface area contributed by atoms with Crippen molar-refractivity contribution in [2.45, 2.75) is 11.3 Å². The van der Waals surface area contributed by atoms with Crippen molar-refractivity contribution in [1.82, 2.24) is 4.72 Å². The molecule has 0 aliphatic carbocycles. The molecule has 0 saturated carbocycles. The van der Waals surface area contributed by atoms with E-state index in [2.05, 4.69) is 4.72 Å². The molecule has 0 aromatic heterocycles. The number of nitrogen functional groups attached to an aromatic ring is 1. The van der Waals surface area contributed by atoms with Crippen molar-refractivity contribution in [1.29, 1.82) is 5.26 Å². The second-order valence-corrected chi connectivity index (χ2v) is 5.64. The van der Waals surface area contributed by atoms with Crippen molar-refractivity contribution < 1.29 is 8.42 Å². The Hall–Kier alpha value is -1.78. The van der Waals surface area contributed by atoms with E-state index in [0.29, 0.717) is 24.3 Å². The number of hydrogen-bond donors (Lipinski definition) is 2. The molecule has 0 radical (unpaired) electrons.